The molecule has 0 aromatic carbocycles. The molecule has 2 unspecified atom stereocenters. The van der Waals surface area contributed by atoms with Crippen LogP contribution in [0.15, 0.2) is 0 Å². The maximum atomic E-state index is 11.2. The van der Waals surface area contributed by atoms with Crippen LogP contribution in [0.2, 0.25) is 0 Å². The average Bonchev–Trinajstić information content (AvgIpc) is 2.90. The summed E-state index contributed by atoms with van der Waals surface area (Å²) < 4.78 is 0. The largest absolute Gasteiger partial charge is 0.481 e. The number of carbonyl (C=O) groups is 1. The first kappa shape index (κ1) is 9.60. The predicted octanol–water partition coefficient (Wildman–Crippen LogP) is 0.497. The van der Waals surface area contributed by atoms with E-state index in [1.807, 2.05) is 0 Å². The zero-order valence-corrected chi connectivity index (χ0v) is 8.70. The van der Waals surface area contributed by atoms with Gasteiger partial charge in [0.15, 0.2) is 0 Å². The van der Waals surface area contributed by atoms with Gasteiger partial charge in [0, 0.05) is 12.1 Å². The van der Waals surface area contributed by atoms with Crippen LogP contribution in [0.4, 0.5) is 0 Å². The quantitative estimate of drug-likeness (QED) is 0.622. The van der Waals surface area contributed by atoms with Gasteiger partial charge < -0.3 is 15.5 Å². The number of aliphatic hydroxyl groups is 1. The summed E-state index contributed by atoms with van der Waals surface area (Å²) in [5.74, 6) is -0.800. The molecule has 2 bridgehead atoms. The number of hydrogen-bond donors (Lipinski definition) is 3. The first-order valence-electron chi connectivity index (χ1n) is 5.78. The summed E-state index contributed by atoms with van der Waals surface area (Å²) >= 11 is 0. The number of hydrogen-bond acceptors (Lipinski definition) is 3. The third-order valence-corrected chi connectivity index (χ3v) is 4.55. The number of rotatable bonds is 2. The molecule has 1 saturated carbocycles. The molecule has 2 atom stereocenters. The third-order valence-electron chi connectivity index (χ3n) is 4.55. The van der Waals surface area contributed by atoms with Crippen LogP contribution in [0.1, 0.15) is 38.5 Å². The van der Waals surface area contributed by atoms with E-state index in [4.69, 9.17) is 0 Å². The van der Waals surface area contributed by atoms with Gasteiger partial charge >= 0.3 is 5.97 Å². The molecule has 4 heteroatoms. The molecule has 0 radical (unpaired) electrons. The highest BCUT2D eigenvalue weighted by Gasteiger charge is 2.66. The molecule has 3 N–H and O–H groups in total. The molecule has 0 spiro atoms. The third kappa shape index (κ3) is 1.18. The maximum absolute atomic E-state index is 11.2. The summed E-state index contributed by atoms with van der Waals surface area (Å²) in [6.45, 7) is 0. The number of fused-ring (bicyclic) bond motifs is 2. The molecule has 1 aliphatic carbocycles. The molecule has 3 fully saturated rings. The first-order chi connectivity index (χ1) is 7.06. The SMILES string of the molecule is O=C(O)C1(C2(O)CC3CCC(C2)N3)CC1. The average molecular weight is 211 g/mol. The van der Waals surface area contributed by atoms with Crippen molar-refractivity contribution in [2.45, 2.75) is 56.2 Å². The molecule has 3 rings (SSSR count). The van der Waals surface area contributed by atoms with Gasteiger partial charge in [0.25, 0.3) is 0 Å². The van der Waals surface area contributed by atoms with E-state index in [-0.39, 0.29) is 0 Å². The van der Waals surface area contributed by atoms with Crippen molar-refractivity contribution in [2.75, 3.05) is 0 Å². The van der Waals surface area contributed by atoms with Gasteiger partial charge in [-0.2, -0.15) is 0 Å². The molecule has 2 saturated heterocycles. The number of aliphatic carboxylic acids is 1. The van der Waals surface area contributed by atoms with Crippen LogP contribution in [0.25, 0.3) is 0 Å². The van der Waals surface area contributed by atoms with Gasteiger partial charge in [-0.05, 0) is 38.5 Å². The molecule has 4 nitrogen and oxygen atoms in total. The van der Waals surface area contributed by atoms with Crippen molar-refractivity contribution in [1.82, 2.24) is 5.32 Å². The smallest absolute Gasteiger partial charge is 0.312 e. The Morgan fingerprint density at radius 1 is 1.20 bits per heavy atom. The molecule has 0 aromatic heterocycles. The zero-order chi connectivity index (χ0) is 10.7. The lowest BCUT2D eigenvalue weighted by atomic mass is 9.74. The summed E-state index contributed by atoms with van der Waals surface area (Å²) in [7, 11) is 0. The second-order valence-electron chi connectivity index (χ2n) is 5.46. The van der Waals surface area contributed by atoms with Crippen molar-refractivity contribution in [2.24, 2.45) is 5.41 Å². The minimum atomic E-state index is -0.948. The van der Waals surface area contributed by atoms with Crippen molar-refractivity contribution in [3.05, 3.63) is 0 Å². The molecule has 15 heavy (non-hydrogen) atoms. The Labute approximate surface area is 88.7 Å². The van der Waals surface area contributed by atoms with Gasteiger partial charge in [-0.15, -0.1) is 0 Å². The standard InChI is InChI=1S/C11H17NO3/c13-9(14)10(3-4-10)11(15)5-7-1-2-8(6-11)12-7/h7-8,12,15H,1-6H2,(H,13,14). The molecular weight excluding hydrogens is 194 g/mol. The van der Waals surface area contributed by atoms with E-state index < -0.39 is 17.0 Å². The summed E-state index contributed by atoms with van der Waals surface area (Å²) in [4.78, 5) is 11.2. The Morgan fingerprint density at radius 2 is 1.73 bits per heavy atom. The van der Waals surface area contributed by atoms with Gasteiger partial charge in [-0.3, -0.25) is 4.79 Å². The Bertz CT molecular complexity index is 299. The van der Waals surface area contributed by atoms with Crippen LogP contribution in [0.5, 0.6) is 0 Å². The van der Waals surface area contributed by atoms with Gasteiger partial charge in [0.2, 0.25) is 0 Å². The molecule has 3 aliphatic rings. The molecule has 84 valence electrons. The number of piperidine rings is 1. The van der Waals surface area contributed by atoms with E-state index in [0.717, 1.165) is 12.8 Å². The van der Waals surface area contributed by atoms with E-state index >= 15 is 0 Å². The Hall–Kier alpha value is -0.610. The summed E-state index contributed by atoms with van der Waals surface area (Å²) in [5, 5.41) is 23.3. The zero-order valence-electron chi connectivity index (χ0n) is 8.70. The highest BCUT2D eigenvalue weighted by atomic mass is 16.4. The van der Waals surface area contributed by atoms with Gasteiger partial charge in [-0.25, -0.2) is 0 Å². The van der Waals surface area contributed by atoms with Crippen molar-refractivity contribution in [1.29, 1.82) is 0 Å². The van der Waals surface area contributed by atoms with E-state index in [1.165, 1.54) is 0 Å². The van der Waals surface area contributed by atoms with Crippen LogP contribution in [0, 0.1) is 5.41 Å². The lowest BCUT2D eigenvalue weighted by molar-refractivity contribution is -0.159. The monoisotopic (exact) mass is 211 g/mol. The van der Waals surface area contributed by atoms with Crippen molar-refractivity contribution in [3.63, 3.8) is 0 Å². The van der Waals surface area contributed by atoms with Crippen molar-refractivity contribution < 1.29 is 15.0 Å². The fourth-order valence-electron chi connectivity index (χ4n) is 3.52. The molecular formula is C11H17NO3. The first-order valence-corrected chi connectivity index (χ1v) is 5.78. The van der Waals surface area contributed by atoms with Crippen LogP contribution < -0.4 is 5.32 Å². The second-order valence-corrected chi connectivity index (χ2v) is 5.46. The van der Waals surface area contributed by atoms with E-state index in [1.54, 1.807) is 0 Å². The maximum Gasteiger partial charge on any atom is 0.312 e. The Morgan fingerprint density at radius 3 is 2.13 bits per heavy atom. The van der Waals surface area contributed by atoms with Gasteiger partial charge in [-0.1, -0.05) is 0 Å². The number of carboxylic acid groups (broad SMARTS) is 1. The minimum Gasteiger partial charge on any atom is -0.481 e. The van der Waals surface area contributed by atoms with Crippen molar-refractivity contribution >= 4 is 5.97 Å². The minimum absolute atomic E-state index is 0.338. The fraction of sp³-hybridized carbons (Fsp3) is 0.909. The summed E-state index contributed by atoms with van der Waals surface area (Å²) in [6, 6.07) is 0.677. The van der Waals surface area contributed by atoms with E-state index in [9.17, 15) is 15.0 Å². The normalized spacial score (nSPS) is 46.5. The number of nitrogens with one attached hydrogen (secondary N) is 1. The fourth-order valence-corrected chi connectivity index (χ4v) is 3.52. The Kier molecular flexibility index (Phi) is 1.75. The Balaban J connectivity index is 1.88. The molecule has 2 aliphatic heterocycles. The van der Waals surface area contributed by atoms with E-state index in [0.29, 0.717) is 37.8 Å². The lowest BCUT2D eigenvalue weighted by Gasteiger charge is -2.41. The van der Waals surface area contributed by atoms with Crippen LogP contribution in [-0.2, 0) is 4.79 Å². The topological polar surface area (TPSA) is 69.6 Å². The van der Waals surface area contributed by atoms with Crippen molar-refractivity contribution in [3.8, 4) is 0 Å². The van der Waals surface area contributed by atoms with Crippen LogP contribution in [0.3, 0.4) is 0 Å². The van der Waals surface area contributed by atoms with Crippen LogP contribution in [-0.4, -0.2) is 33.9 Å². The second kappa shape index (κ2) is 2.74. The van der Waals surface area contributed by atoms with E-state index in [2.05, 4.69) is 5.32 Å². The highest BCUT2D eigenvalue weighted by Crippen LogP contribution is 2.59. The van der Waals surface area contributed by atoms with Gasteiger partial charge in [0.1, 0.15) is 0 Å². The van der Waals surface area contributed by atoms with Crippen LogP contribution >= 0.6 is 0 Å². The molecule has 0 amide bonds. The lowest BCUT2D eigenvalue weighted by Crippen LogP contribution is -2.55. The summed E-state index contributed by atoms with van der Waals surface area (Å²) in [5.41, 5.74) is -1.76. The molecule has 2 heterocycles. The van der Waals surface area contributed by atoms with Gasteiger partial charge in [0.05, 0.1) is 11.0 Å². The predicted molar refractivity (Wildman–Crippen MR) is 53.4 cm³/mol. The highest BCUT2D eigenvalue weighted by molar-refractivity contribution is 5.79. The molecule has 0 aromatic rings. The summed E-state index contributed by atoms with van der Waals surface area (Å²) in [6.07, 6.45) is 4.72. The number of carboxylic acids is 1.